The van der Waals surface area contributed by atoms with Gasteiger partial charge in [0.05, 0.1) is 4.47 Å². The molecule has 0 radical (unpaired) electrons. The maximum Gasteiger partial charge on any atom is 0.313 e. The zero-order valence-corrected chi connectivity index (χ0v) is 13.0. The summed E-state index contributed by atoms with van der Waals surface area (Å²) in [4.78, 5) is 0. The normalized spacial score (nSPS) is 11.3. The molecule has 0 unspecified atom stereocenters. The van der Waals surface area contributed by atoms with Crippen LogP contribution in [0.3, 0.4) is 0 Å². The third-order valence-corrected chi connectivity index (χ3v) is 4.28. The Bertz CT molecular complexity index is 729. The molecule has 20 heavy (non-hydrogen) atoms. The van der Waals surface area contributed by atoms with E-state index in [4.69, 9.17) is 4.18 Å². The van der Waals surface area contributed by atoms with Gasteiger partial charge in [-0.05, 0) is 58.2 Å². The van der Waals surface area contributed by atoms with Crippen molar-refractivity contribution in [1.82, 2.24) is 0 Å². The maximum absolute atomic E-state index is 13.0. The minimum absolute atomic E-state index is 0.215. The van der Waals surface area contributed by atoms with Crippen LogP contribution < -0.4 is 4.18 Å². The molecule has 2 aromatic carbocycles. The van der Waals surface area contributed by atoms with Crippen molar-refractivity contribution in [3.63, 3.8) is 0 Å². The van der Waals surface area contributed by atoms with Gasteiger partial charge in [0.25, 0.3) is 0 Å². The first-order valence-corrected chi connectivity index (χ1v) is 8.15. The summed E-state index contributed by atoms with van der Waals surface area (Å²) < 4.78 is 42.5. The molecule has 2 rings (SSSR count). The third-order valence-electron chi connectivity index (χ3n) is 2.54. The summed E-state index contributed by atoms with van der Waals surface area (Å²) >= 11 is 3.25. The van der Waals surface area contributed by atoms with E-state index < -0.39 is 15.9 Å². The van der Waals surface area contributed by atoms with Crippen LogP contribution in [0.25, 0.3) is 0 Å². The molecule has 0 aliphatic heterocycles. The highest BCUT2D eigenvalue weighted by molar-refractivity contribution is 9.10. The van der Waals surface area contributed by atoms with E-state index in [9.17, 15) is 12.8 Å². The molecule has 0 fully saturated rings. The van der Waals surface area contributed by atoms with Crippen LogP contribution in [0.4, 0.5) is 4.39 Å². The lowest BCUT2D eigenvalue weighted by Gasteiger charge is -2.09. The molecule has 0 bridgehead atoms. The SMILES string of the molecule is Cc1ccc(OS(=O)(=O)Cc2cccc(F)c2)c(Br)c1. The van der Waals surface area contributed by atoms with Crippen molar-refractivity contribution in [3.8, 4) is 5.75 Å². The van der Waals surface area contributed by atoms with E-state index in [-0.39, 0.29) is 11.5 Å². The summed E-state index contributed by atoms with van der Waals surface area (Å²) in [6, 6.07) is 10.5. The lowest BCUT2D eigenvalue weighted by molar-refractivity contribution is 0.483. The van der Waals surface area contributed by atoms with Gasteiger partial charge >= 0.3 is 10.1 Å². The summed E-state index contributed by atoms with van der Waals surface area (Å²) in [6.07, 6.45) is 0. The second-order valence-corrected chi connectivity index (χ2v) is 6.77. The highest BCUT2D eigenvalue weighted by atomic mass is 79.9. The van der Waals surface area contributed by atoms with Crippen molar-refractivity contribution >= 4 is 26.0 Å². The average Bonchev–Trinajstić information content (AvgIpc) is 2.32. The van der Waals surface area contributed by atoms with E-state index >= 15 is 0 Å². The molecule has 0 amide bonds. The molecule has 3 nitrogen and oxygen atoms in total. The van der Waals surface area contributed by atoms with Crippen molar-refractivity contribution < 1.29 is 17.0 Å². The van der Waals surface area contributed by atoms with Gasteiger partial charge in [-0.1, -0.05) is 18.2 Å². The van der Waals surface area contributed by atoms with E-state index in [1.165, 1.54) is 24.3 Å². The Balaban J connectivity index is 2.19. The molecule has 0 heterocycles. The van der Waals surface area contributed by atoms with Crippen LogP contribution in [-0.4, -0.2) is 8.42 Å². The Hall–Kier alpha value is -1.40. The summed E-state index contributed by atoms with van der Waals surface area (Å²) in [5.41, 5.74) is 1.32. The first kappa shape index (κ1) is 15.0. The first-order valence-electron chi connectivity index (χ1n) is 5.78. The second-order valence-electron chi connectivity index (χ2n) is 4.35. The van der Waals surface area contributed by atoms with Crippen molar-refractivity contribution in [1.29, 1.82) is 0 Å². The second kappa shape index (κ2) is 5.93. The van der Waals surface area contributed by atoms with Gasteiger partial charge in [0.2, 0.25) is 0 Å². The van der Waals surface area contributed by atoms with Gasteiger partial charge < -0.3 is 4.18 Å². The minimum Gasteiger partial charge on any atom is -0.381 e. The Morgan fingerprint density at radius 3 is 2.60 bits per heavy atom. The molecule has 0 saturated heterocycles. The zero-order chi connectivity index (χ0) is 14.8. The van der Waals surface area contributed by atoms with Crippen LogP contribution >= 0.6 is 15.9 Å². The summed E-state index contributed by atoms with van der Waals surface area (Å²) in [5.74, 6) is -0.647. The molecule has 0 aliphatic rings. The predicted octanol–water partition coefficient (Wildman–Crippen LogP) is 3.81. The highest BCUT2D eigenvalue weighted by Gasteiger charge is 2.16. The summed E-state index contributed by atoms with van der Waals surface area (Å²) in [6.45, 7) is 1.88. The average molecular weight is 359 g/mol. The fourth-order valence-corrected chi connectivity index (χ4v) is 3.42. The predicted molar refractivity (Wildman–Crippen MR) is 78.5 cm³/mol. The molecule has 106 valence electrons. The quantitative estimate of drug-likeness (QED) is 0.780. The standard InChI is InChI=1S/C14H12BrFO3S/c1-10-5-6-14(13(15)7-10)19-20(17,18)9-11-3-2-4-12(16)8-11/h2-8H,9H2,1H3. The number of rotatable bonds is 4. The van der Waals surface area contributed by atoms with Crippen LogP contribution in [0.15, 0.2) is 46.9 Å². The van der Waals surface area contributed by atoms with Gasteiger partial charge in [0.1, 0.15) is 11.6 Å². The van der Waals surface area contributed by atoms with Crippen molar-refractivity contribution in [2.24, 2.45) is 0 Å². The van der Waals surface area contributed by atoms with E-state index in [0.29, 0.717) is 10.0 Å². The zero-order valence-electron chi connectivity index (χ0n) is 10.6. The molecular weight excluding hydrogens is 347 g/mol. The smallest absolute Gasteiger partial charge is 0.313 e. The molecule has 0 aromatic heterocycles. The molecule has 0 N–H and O–H groups in total. The van der Waals surface area contributed by atoms with Gasteiger partial charge in [0.15, 0.2) is 5.75 Å². The topological polar surface area (TPSA) is 43.4 Å². The van der Waals surface area contributed by atoms with Crippen molar-refractivity contribution in [2.45, 2.75) is 12.7 Å². The minimum atomic E-state index is -3.84. The molecule has 6 heteroatoms. The Labute approximate surface area is 125 Å². The molecule has 0 spiro atoms. The van der Waals surface area contributed by atoms with E-state index in [1.807, 2.05) is 6.92 Å². The van der Waals surface area contributed by atoms with Gasteiger partial charge in [0, 0.05) is 0 Å². The van der Waals surface area contributed by atoms with Gasteiger partial charge in [-0.2, -0.15) is 8.42 Å². The molecular formula is C14H12BrFO3S. The Morgan fingerprint density at radius 1 is 1.20 bits per heavy atom. The van der Waals surface area contributed by atoms with Crippen molar-refractivity contribution in [3.05, 3.63) is 63.9 Å². The summed E-state index contributed by atoms with van der Waals surface area (Å²) in [5, 5.41) is 0. The number of halogens is 2. The van der Waals surface area contributed by atoms with Crippen molar-refractivity contribution in [2.75, 3.05) is 0 Å². The first-order chi connectivity index (χ1) is 9.35. The monoisotopic (exact) mass is 358 g/mol. The molecule has 0 atom stereocenters. The Morgan fingerprint density at radius 2 is 1.95 bits per heavy atom. The third kappa shape index (κ3) is 4.05. The lowest BCUT2D eigenvalue weighted by Crippen LogP contribution is -2.12. The fraction of sp³-hybridized carbons (Fsp3) is 0.143. The van der Waals surface area contributed by atoms with E-state index in [0.717, 1.165) is 5.56 Å². The highest BCUT2D eigenvalue weighted by Crippen LogP contribution is 2.27. The number of hydrogen-bond donors (Lipinski definition) is 0. The number of benzene rings is 2. The molecule has 0 aliphatic carbocycles. The number of aryl methyl sites for hydroxylation is 1. The van der Waals surface area contributed by atoms with E-state index in [1.54, 1.807) is 18.2 Å². The van der Waals surface area contributed by atoms with Crippen LogP contribution in [0.1, 0.15) is 11.1 Å². The van der Waals surface area contributed by atoms with Crippen LogP contribution in [0, 0.1) is 12.7 Å². The van der Waals surface area contributed by atoms with E-state index in [2.05, 4.69) is 15.9 Å². The summed E-state index contributed by atoms with van der Waals surface area (Å²) in [7, 11) is -3.84. The lowest BCUT2D eigenvalue weighted by atomic mass is 10.2. The fourth-order valence-electron chi connectivity index (χ4n) is 1.67. The molecule has 0 saturated carbocycles. The number of hydrogen-bond acceptors (Lipinski definition) is 3. The maximum atomic E-state index is 13.0. The van der Waals surface area contributed by atoms with Gasteiger partial charge in [-0.3, -0.25) is 0 Å². The molecule has 2 aromatic rings. The van der Waals surface area contributed by atoms with Gasteiger partial charge in [-0.25, -0.2) is 4.39 Å². The largest absolute Gasteiger partial charge is 0.381 e. The van der Waals surface area contributed by atoms with Gasteiger partial charge in [-0.15, -0.1) is 0 Å². The van der Waals surface area contributed by atoms with Crippen LogP contribution in [0.2, 0.25) is 0 Å². The Kier molecular flexibility index (Phi) is 4.45. The van der Waals surface area contributed by atoms with Crippen LogP contribution in [-0.2, 0) is 15.9 Å². The van der Waals surface area contributed by atoms with Crippen LogP contribution in [0.5, 0.6) is 5.75 Å².